The van der Waals surface area contributed by atoms with Crippen molar-refractivity contribution in [2.45, 2.75) is 13.5 Å². The first-order valence-electron chi connectivity index (χ1n) is 6.28. The average molecular weight is 241 g/mol. The Balaban J connectivity index is 2.30. The van der Waals surface area contributed by atoms with Crippen LogP contribution >= 0.6 is 0 Å². The van der Waals surface area contributed by atoms with E-state index in [4.69, 9.17) is 4.74 Å². The van der Waals surface area contributed by atoms with E-state index in [-0.39, 0.29) is 0 Å². The van der Waals surface area contributed by atoms with Gasteiger partial charge < -0.3 is 10.1 Å². The van der Waals surface area contributed by atoms with Crippen molar-refractivity contribution in [3.05, 3.63) is 54.1 Å². The smallest absolute Gasteiger partial charge is 0.118 e. The summed E-state index contributed by atoms with van der Waals surface area (Å²) in [5.74, 6) is 0.892. The van der Waals surface area contributed by atoms with Crippen molar-refractivity contribution in [2.75, 3.05) is 13.7 Å². The van der Waals surface area contributed by atoms with E-state index in [1.807, 2.05) is 12.1 Å². The Labute approximate surface area is 109 Å². The first-order valence-corrected chi connectivity index (χ1v) is 6.28. The predicted molar refractivity (Wildman–Crippen MR) is 75.8 cm³/mol. The maximum atomic E-state index is 5.19. The van der Waals surface area contributed by atoms with E-state index in [9.17, 15) is 0 Å². The second kappa shape index (κ2) is 6.22. The Morgan fingerprint density at radius 2 is 1.72 bits per heavy atom. The molecular weight excluding hydrogens is 222 g/mol. The van der Waals surface area contributed by atoms with Crippen LogP contribution in [0, 0.1) is 0 Å². The van der Waals surface area contributed by atoms with Gasteiger partial charge in [-0.1, -0.05) is 43.3 Å². The second-order valence-electron chi connectivity index (χ2n) is 4.17. The van der Waals surface area contributed by atoms with Crippen LogP contribution in [0.2, 0.25) is 0 Å². The summed E-state index contributed by atoms with van der Waals surface area (Å²) < 4.78 is 5.19. The van der Waals surface area contributed by atoms with Gasteiger partial charge in [-0.3, -0.25) is 0 Å². The lowest BCUT2D eigenvalue weighted by Crippen LogP contribution is -2.12. The van der Waals surface area contributed by atoms with E-state index in [2.05, 4.69) is 48.6 Å². The lowest BCUT2D eigenvalue weighted by Gasteiger charge is -2.10. The number of hydrogen-bond donors (Lipinski definition) is 1. The second-order valence-corrected chi connectivity index (χ2v) is 4.17. The predicted octanol–water partition coefficient (Wildman–Crippen LogP) is 3.47. The molecule has 2 nitrogen and oxygen atoms in total. The van der Waals surface area contributed by atoms with Crippen LogP contribution in [0.3, 0.4) is 0 Å². The monoisotopic (exact) mass is 241 g/mol. The SMILES string of the molecule is CCNCc1ccccc1-c1ccc(OC)cc1. The lowest BCUT2D eigenvalue weighted by molar-refractivity contribution is 0.415. The van der Waals surface area contributed by atoms with E-state index in [1.165, 1.54) is 16.7 Å². The quantitative estimate of drug-likeness (QED) is 0.865. The van der Waals surface area contributed by atoms with Crippen LogP contribution in [0.1, 0.15) is 12.5 Å². The number of nitrogens with one attached hydrogen (secondary N) is 1. The molecule has 0 heterocycles. The molecule has 0 aliphatic carbocycles. The van der Waals surface area contributed by atoms with Gasteiger partial charge in [0.1, 0.15) is 5.75 Å². The lowest BCUT2D eigenvalue weighted by atomic mass is 9.99. The van der Waals surface area contributed by atoms with Crippen molar-refractivity contribution >= 4 is 0 Å². The molecule has 0 aromatic heterocycles. The Morgan fingerprint density at radius 3 is 2.39 bits per heavy atom. The van der Waals surface area contributed by atoms with Crippen molar-refractivity contribution in [3.8, 4) is 16.9 Å². The first kappa shape index (κ1) is 12.7. The zero-order valence-corrected chi connectivity index (χ0v) is 10.9. The van der Waals surface area contributed by atoms with Gasteiger partial charge in [0.2, 0.25) is 0 Å². The molecule has 0 radical (unpaired) electrons. The van der Waals surface area contributed by atoms with E-state index in [0.717, 1.165) is 18.8 Å². The molecule has 0 atom stereocenters. The third kappa shape index (κ3) is 2.90. The van der Waals surface area contributed by atoms with Crippen molar-refractivity contribution in [1.82, 2.24) is 5.32 Å². The van der Waals surface area contributed by atoms with Gasteiger partial charge in [0.05, 0.1) is 7.11 Å². The molecule has 0 bridgehead atoms. The highest BCUT2D eigenvalue weighted by molar-refractivity contribution is 5.67. The highest BCUT2D eigenvalue weighted by Gasteiger charge is 2.04. The Kier molecular flexibility index (Phi) is 4.37. The van der Waals surface area contributed by atoms with Gasteiger partial charge in [0, 0.05) is 6.54 Å². The molecule has 2 aromatic rings. The number of rotatable bonds is 5. The summed E-state index contributed by atoms with van der Waals surface area (Å²) in [6, 6.07) is 16.7. The van der Waals surface area contributed by atoms with E-state index in [0.29, 0.717) is 0 Å². The van der Waals surface area contributed by atoms with Crippen LogP contribution in [0.5, 0.6) is 5.75 Å². The summed E-state index contributed by atoms with van der Waals surface area (Å²) in [7, 11) is 1.69. The molecule has 1 N–H and O–H groups in total. The molecular formula is C16H19NO. The molecule has 0 fully saturated rings. The van der Waals surface area contributed by atoms with Crippen LogP contribution in [-0.2, 0) is 6.54 Å². The molecule has 2 heteroatoms. The first-order chi connectivity index (χ1) is 8.85. The fourth-order valence-corrected chi connectivity index (χ4v) is 1.99. The summed E-state index contributed by atoms with van der Waals surface area (Å²) in [5, 5.41) is 3.37. The highest BCUT2D eigenvalue weighted by Crippen LogP contribution is 2.25. The molecule has 2 rings (SSSR count). The van der Waals surface area contributed by atoms with Crippen LogP contribution in [0.15, 0.2) is 48.5 Å². The van der Waals surface area contributed by atoms with E-state index >= 15 is 0 Å². The molecule has 0 aliphatic heterocycles. The van der Waals surface area contributed by atoms with Crippen LogP contribution in [0.25, 0.3) is 11.1 Å². The van der Waals surface area contributed by atoms with Crippen molar-refractivity contribution < 1.29 is 4.74 Å². The Hall–Kier alpha value is -1.80. The van der Waals surface area contributed by atoms with Gasteiger partial charge in [-0.05, 0) is 35.4 Å². The fourth-order valence-electron chi connectivity index (χ4n) is 1.99. The topological polar surface area (TPSA) is 21.3 Å². The van der Waals surface area contributed by atoms with E-state index < -0.39 is 0 Å². The fraction of sp³-hybridized carbons (Fsp3) is 0.250. The highest BCUT2D eigenvalue weighted by atomic mass is 16.5. The van der Waals surface area contributed by atoms with Crippen molar-refractivity contribution in [1.29, 1.82) is 0 Å². The number of hydrogen-bond acceptors (Lipinski definition) is 2. The normalized spacial score (nSPS) is 10.3. The van der Waals surface area contributed by atoms with Crippen LogP contribution < -0.4 is 10.1 Å². The molecule has 0 saturated heterocycles. The molecule has 0 saturated carbocycles. The molecule has 0 spiro atoms. The molecule has 2 aromatic carbocycles. The molecule has 0 unspecified atom stereocenters. The van der Waals surface area contributed by atoms with Gasteiger partial charge in [-0.25, -0.2) is 0 Å². The van der Waals surface area contributed by atoms with Gasteiger partial charge in [0.15, 0.2) is 0 Å². The zero-order valence-electron chi connectivity index (χ0n) is 10.9. The molecule has 0 amide bonds. The third-order valence-electron chi connectivity index (χ3n) is 2.98. The minimum atomic E-state index is 0.892. The van der Waals surface area contributed by atoms with Gasteiger partial charge in [0.25, 0.3) is 0 Å². The number of methoxy groups -OCH3 is 1. The molecule has 18 heavy (non-hydrogen) atoms. The van der Waals surface area contributed by atoms with Crippen LogP contribution in [0.4, 0.5) is 0 Å². The minimum absolute atomic E-state index is 0.892. The average Bonchev–Trinajstić information content (AvgIpc) is 2.45. The van der Waals surface area contributed by atoms with E-state index in [1.54, 1.807) is 7.11 Å². The Bertz CT molecular complexity index is 491. The summed E-state index contributed by atoms with van der Waals surface area (Å²) in [4.78, 5) is 0. The maximum Gasteiger partial charge on any atom is 0.118 e. The van der Waals surface area contributed by atoms with Crippen molar-refractivity contribution in [2.24, 2.45) is 0 Å². The maximum absolute atomic E-state index is 5.19. The Morgan fingerprint density at radius 1 is 1.00 bits per heavy atom. The molecule has 0 aliphatic rings. The number of benzene rings is 2. The van der Waals surface area contributed by atoms with Gasteiger partial charge in [-0.15, -0.1) is 0 Å². The van der Waals surface area contributed by atoms with Gasteiger partial charge >= 0.3 is 0 Å². The van der Waals surface area contributed by atoms with Gasteiger partial charge in [-0.2, -0.15) is 0 Å². The summed E-state index contributed by atoms with van der Waals surface area (Å²) in [6.45, 7) is 4.01. The minimum Gasteiger partial charge on any atom is -0.497 e. The standard InChI is InChI=1S/C16H19NO/c1-3-17-12-14-6-4-5-7-16(14)13-8-10-15(18-2)11-9-13/h4-11,17H,3,12H2,1-2H3. The summed E-state index contributed by atoms with van der Waals surface area (Å²) in [6.07, 6.45) is 0. The largest absolute Gasteiger partial charge is 0.497 e. The number of ether oxygens (including phenoxy) is 1. The summed E-state index contributed by atoms with van der Waals surface area (Å²) in [5.41, 5.74) is 3.83. The van der Waals surface area contributed by atoms with Crippen LogP contribution in [-0.4, -0.2) is 13.7 Å². The zero-order chi connectivity index (χ0) is 12.8. The van der Waals surface area contributed by atoms with Crippen molar-refractivity contribution in [3.63, 3.8) is 0 Å². The molecule has 94 valence electrons. The third-order valence-corrected chi connectivity index (χ3v) is 2.98. The summed E-state index contributed by atoms with van der Waals surface area (Å²) >= 11 is 0.